The molecule has 0 unspecified atom stereocenters. The molecular formula is C23H25ClN4O2. The number of amides is 1. The van der Waals surface area contributed by atoms with Crippen molar-refractivity contribution in [3.63, 3.8) is 0 Å². The molecule has 2 aromatic carbocycles. The van der Waals surface area contributed by atoms with Crippen molar-refractivity contribution < 1.29 is 9.53 Å². The maximum Gasteiger partial charge on any atom is 0.277 e. The van der Waals surface area contributed by atoms with E-state index in [-0.39, 0.29) is 12.5 Å². The molecule has 1 aromatic heterocycles. The summed E-state index contributed by atoms with van der Waals surface area (Å²) in [5, 5.41) is 8.85. The number of aromatic nitrogens is 2. The Morgan fingerprint density at radius 2 is 1.93 bits per heavy atom. The van der Waals surface area contributed by atoms with Gasteiger partial charge in [0.2, 0.25) is 0 Å². The molecule has 3 rings (SSSR count). The van der Waals surface area contributed by atoms with Crippen LogP contribution >= 0.6 is 11.6 Å². The van der Waals surface area contributed by atoms with Crippen LogP contribution in [0.4, 0.5) is 0 Å². The summed E-state index contributed by atoms with van der Waals surface area (Å²) in [7, 11) is 0. The van der Waals surface area contributed by atoms with Gasteiger partial charge in [-0.2, -0.15) is 10.2 Å². The predicted octanol–water partition coefficient (Wildman–Crippen LogP) is 4.88. The van der Waals surface area contributed by atoms with Crippen molar-refractivity contribution >= 4 is 23.7 Å². The number of halogens is 1. The first kappa shape index (κ1) is 21.6. The van der Waals surface area contributed by atoms with Crippen molar-refractivity contribution in [1.29, 1.82) is 0 Å². The molecule has 7 heteroatoms. The fourth-order valence-electron chi connectivity index (χ4n) is 2.88. The summed E-state index contributed by atoms with van der Waals surface area (Å²) in [6, 6.07) is 17.4. The van der Waals surface area contributed by atoms with Crippen LogP contribution in [0.2, 0.25) is 5.15 Å². The van der Waals surface area contributed by atoms with E-state index in [1.165, 1.54) is 11.8 Å². The van der Waals surface area contributed by atoms with Crippen molar-refractivity contribution in [3.05, 3.63) is 76.6 Å². The third-order valence-electron chi connectivity index (χ3n) is 4.86. The summed E-state index contributed by atoms with van der Waals surface area (Å²) in [6.45, 7) is 6.04. The lowest BCUT2D eigenvalue weighted by Gasteiger charge is -2.10. The number of ether oxygens (including phenoxy) is 1. The smallest absolute Gasteiger partial charge is 0.277 e. The second-order valence-electron chi connectivity index (χ2n) is 7.00. The Morgan fingerprint density at radius 1 is 1.23 bits per heavy atom. The summed E-state index contributed by atoms with van der Waals surface area (Å²) in [5.74, 6) is 0.781. The highest BCUT2D eigenvalue weighted by atomic mass is 35.5. The van der Waals surface area contributed by atoms with E-state index >= 15 is 0 Å². The van der Waals surface area contributed by atoms with E-state index in [0.29, 0.717) is 28.1 Å². The second kappa shape index (κ2) is 10.1. The van der Waals surface area contributed by atoms with Crippen LogP contribution in [0.3, 0.4) is 0 Å². The van der Waals surface area contributed by atoms with Gasteiger partial charge in [0.25, 0.3) is 5.91 Å². The van der Waals surface area contributed by atoms with E-state index in [1.54, 1.807) is 4.68 Å². The van der Waals surface area contributed by atoms with E-state index in [2.05, 4.69) is 29.5 Å². The van der Waals surface area contributed by atoms with Gasteiger partial charge in [0.05, 0.1) is 23.2 Å². The number of hydrogen-bond acceptors (Lipinski definition) is 4. The number of nitrogens with one attached hydrogen (secondary N) is 1. The highest BCUT2D eigenvalue weighted by molar-refractivity contribution is 6.32. The van der Waals surface area contributed by atoms with E-state index < -0.39 is 0 Å². The highest BCUT2D eigenvalue weighted by Gasteiger charge is 2.13. The first-order valence-electron chi connectivity index (χ1n) is 9.84. The number of rotatable bonds is 8. The zero-order valence-electron chi connectivity index (χ0n) is 17.3. The molecule has 0 aliphatic heterocycles. The lowest BCUT2D eigenvalue weighted by atomic mass is 9.99. The topological polar surface area (TPSA) is 68.5 Å². The molecular weight excluding hydrogens is 400 g/mol. The molecule has 3 aromatic rings. The Bertz CT molecular complexity index is 1010. The lowest BCUT2D eigenvalue weighted by Crippen LogP contribution is -2.24. The number of nitrogens with zero attached hydrogens (tertiary/aromatic N) is 3. The minimum Gasteiger partial charge on any atom is -0.484 e. The minimum absolute atomic E-state index is 0.129. The van der Waals surface area contributed by atoms with Gasteiger partial charge in [0.1, 0.15) is 10.9 Å². The molecule has 6 nitrogen and oxygen atoms in total. The Balaban J connectivity index is 1.55. The first-order chi connectivity index (χ1) is 14.5. The third-order valence-corrected chi connectivity index (χ3v) is 5.23. The monoisotopic (exact) mass is 424 g/mol. The first-order valence-corrected chi connectivity index (χ1v) is 10.2. The fraction of sp³-hybridized carbons (Fsp3) is 0.261. The van der Waals surface area contributed by atoms with Gasteiger partial charge in [0.15, 0.2) is 6.61 Å². The molecule has 0 saturated carbocycles. The number of hydrazone groups is 1. The Labute approximate surface area is 181 Å². The number of benzene rings is 2. The molecule has 1 N–H and O–H groups in total. The maximum absolute atomic E-state index is 12.0. The van der Waals surface area contributed by atoms with Crippen molar-refractivity contribution in [2.45, 2.75) is 33.1 Å². The van der Waals surface area contributed by atoms with Crippen LogP contribution in [0.15, 0.2) is 59.7 Å². The van der Waals surface area contributed by atoms with E-state index in [4.69, 9.17) is 16.3 Å². The van der Waals surface area contributed by atoms with Crippen LogP contribution in [0, 0.1) is 6.92 Å². The summed E-state index contributed by atoms with van der Waals surface area (Å²) >= 11 is 6.44. The molecule has 0 aliphatic rings. The molecule has 0 fully saturated rings. The minimum atomic E-state index is -0.360. The molecule has 0 bridgehead atoms. The Kier molecular flexibility index (Phi) is 7.25. The zero-order chi connectivity index (χ0) is 21.5. The van der Waals surface area contributed by atoms with Gasteiger partial charge in [-0.05, 0) is 49.1 Å². The number of para-hydroxylation sites is 1. The van der Waals surface area contributed by atoms with Crippen molar-refractivity contribution in [2.75, 3.05) is 6.61 Å². The van der Waals surface area contributed by atoms with Crippen molar-refractivity contribution in [2.24, 2.45) is 5.10 Å². The van der Waals surface area contributed by atoms with Crippen molar-refractivity contribution in [3.8, 4) is 11.4 Å². The van der Waals surface area contributed by atoms with Gasteiger partial charge in [0, 0.05) is 0 Å². The average Bonchev–Trinajstić information content (AvgIpc) is 3.06. The summed E-state index contributed by atoms with van der Waals surface area (Å²) in [5.41, 5.74) is 5.90. The quantitative estimate of drug-likeness (QED) is 0.414. The predicted molar refractivity (Wildman–Crippen MR) is 120 cm³/mol. The van der Waals surface area contributed by atoms with Gasteiger partial charge in [-0.15, -0.1) is 0 Å². The summed E-state index contributed by atoms with van der Waals surface area (Å²) < 4.78 is 7.15. The molecule has 0 aliphatic carbocycles. The van der Waals surface area contributed by atoms with Gasteiger partial charge in [-0.3, -0.25) is 4.79 Å². The van der Waals surface area contributed by atoms with Crippen molar-refractivity contribution in [1.82, 2.24) is 15.2 Å². The molecule has 0 radical (unpaired) electrons. The number of carbonyl (C=O) groups is 1. The molecule has 156 valence electrons. The molecule has 1 atom stereocenters. The number of hydrogen-bond donors (Lipinski definition) is 1. The Hall–Kier alpha value is -3.12. The normalized spacial score (nSPS) is 12.1. The fourth-order valence-corrected chi connectivity index (χ4v) is 3.20. The molecule has 1 heterocycles. The van der Waals surface area contributed by atoms with Gasteiger partial charge in [-0.25, -0.2) is 10.1 Å². The van der Waals surface area contributed by atoms with Crippen LogP contribution in [0.1, 0.15) is 43.0 Å². The van der Waals surface area contributed by atoms with Crippen LogP contribution in [0.25, 0.3) is 5.69 Å². The molecule has 0 spiro atoms. The van der Waals surface area contributed by atoms with E-state index in [0.717, 1.165) is 12.1 Å². The van der Waals surface area contributed by atoms with Gasteiger partial charge in [-0.1, -0.05) is 55.8 Å². The second-order valence-corrected chi connectivity index (χ2v) is 7.36. The standard InChI is InChI=1S/C23H25ClN4O2/c1-4-16(2)18-10-12-20(13-11-18)30-15-22(29)26-25-14-21-17(3)27-28(23(21)24)19-8-6-5-7-9-19/h5-14,16H,4,15H2,1-3H3,(H,26,29)/b25-14-/t16-/m0/s1. The summed E-state index contributed by atoms with van der Waals surface area (Å²) in [4.78, 5) is 12.0. The summed E-state index contributed by atoms with van der Waals surface area (Å²) in [6.07, 6.45) is 2.57. The SMILES string of the molecule is CC[C@H](C)c1ccc(OCC(=O)N/N=C\c2c(C)nn(-c3ccccc3)c2Cl)cc1. The third kappa shape index (κ3) is 5.27. The number of carbonyl (C=O) groups excluding carboxylic acids is 1. The molecule has 0 saturated heterocycles. The maximum atomic E-state index is 12.0. The van der Waals surface area contributed by atoms with Crippen LogP contribution in [0.5, 0.6) is 5.75 Å². The van der Waals surface area contributed by atoms with Crippen LogP contribution < -0.4 is 10.2 Å². The molecule has 1 amide bonds. The number of aryl methyl sites for hydroxylation is 1. The van der Waals surface area contributed by atoms with Gasteiger partial charge < -0.3 is 4.74 Å². The largest absolute Gasteiger partial charge is 0.484 e. The highest BCUT2D eigenvalue weighted by Crippen LogP contribution is 2.22. The van der Waals surface area contributed by atoms with E-state index in [9.17, 15) is 4.79 Å². The Morgan fingerprint density at radius 3 is 2.60 bits per heavy atom. The zero-order valence-corrected chi connectivity index (χ0v) is 18.1. The van der Waals surface area contributed by atoms with Crippen LogP contribution in [-0.2, 0) is 4.79 Å². The van der Waals surface area contributed by atoms with E-state index in [1.807, 2.05) is 61.5 Å². The lowest BCUT2D eigenvalue weighted by molar-refractivity contribution is -0.123. The molecule has 30 heavy (non-hydrogen) atoms. The van der Waals surface area contributed by atoms with Crippen LogP contribution in [-0.4, -0.2) is 28.5 Å². The average molecular weight is 425 g/mol. The van der Waals surface area contributed by atoms with Gasteiger partial charge >= 0.3 is 0 Å².